The first kappa shape index (κ1) is 34.0. The van der Waals surface area contributed by atoms with Crippen LogP contribution >= 0.6 is 0 Å². The van der Waals surface area contributed by atoms with Crippen LogP contribution in [0.2, 0.25) is 0 Å². The van der Waals surface area contributed by atoms with Crippen molar-refractivity contribution in [1.29, 1.82) is 0 Å². The normalized spacial score (nSPS) is 11.2. The molecule has 2 amide bonds. The Bertz CT molecular complexity index is 1380. The minimum atomic E-state index is -3.64. The number of carbonyl (C=O) groups excluding carboxylic acids is 1. The van der Waals surface area contributed by atoms with E-state index >= 15 is 0 Å². The van der Waals surface area contributed by atoms with Crippen LogP contribution in [-0.4, -0.2) is 44.4 Å². The van der Waals surface area contributed by atoms with Gasteiger partial charge in [0.1, 0.15) is 5.60 Å². The standard InChI is InChI=1S/C22H30N2O4S.C9H12N2O2/c1-16(2)18-8-12-20(13-9-18)29(26,27)24-19-10-6-17(7-11-19)14-15-23-21(25)28-22(3,4)5;10-8-3-1-7(2-4-8)5-6-11-9(12)13/h6-13,16,24H,14-15H2,1-5H3,(H,23,25);1-4,11H,5-6,10H2,(H,12,13). The molecule has 228 valence electrons. The van der Waals surface area contributed by atoms with Crippen LogP contribution in [0.25, 0.3) is 0 Å². The van der Waals surface area contributed by atoms with Crippen LogP contribution in [-0.2, 0) is 27.6 Å². The number of nitrogens with two attached hydrogens (primary N) is 1. The Labute approximate surface area is 248 Å². The molecule has 0 atom stereocenters. The van der Waals surface area contributed by atoms with Crippen LogP contribution in [0, 0.1) is 0 Å². The van der Waals surface area contributed by atoms with E-state index in [0.29, 0.717) is 37.5 Å². The molecule has 0 bridgehead atoms. The zero-order valence-electron chi connectivity index (χ0n) is 24.8. The van der Waals surface area contributed by atoms with Gasteiger partial charge in [0.2, 0.25) is 0 Å². The molecule has 0 heterocycles. The van der Waals surface area contributed by atoms with E-state index in [4.69, 9.17) is 15.6 Å². The highest BCUT2D eigenvalue weighted by Crippen LogP contribution is 2.20. The Kier molecular flexibility index (Phi) is 12.7. The summed E-state index contributed by atoms with van der Waals surface area (Å²) in [6, 6.07) is 21.4. The molecule has 6 N–H and O–H groups in total. The summed E-state index contributed by atoms with van der Waals surface area (Å²) in [6.45, 7) is 10.4. The lowest BCUT2D eigenvalue weighted by molar-refractivity contribution is 0.0528. The van der Waals surface area contributed by atoms with Gasteiger partial charge >= 0.3 is 12.2 Å². The molecule has 3 aromatic carbocycles. The molecule has 0 saturated carbocycles. The number of alkyl carbamates (subject to hydrolysis) is 1. The van der Waals surface area contributed by atoms with Gasteiger partial charge in [0.05, 0.1) is 4.90 Å². The van der Waals surface area contributed by atoms with E-state index in [1.54, 1.807) is 36.4 Å². The van der Waals surface area contributed by atoms with Gasteiger partial charge in [0, 0.05) is 24.5 Å². The Morgan fingerprint density at radius 3 is 1.81 bits per heavy atom. The van der Waals surface area contributed by atoms with Crippen molar-refractivity contribution in [2.24, 2.45) is 0 Å². The first-order valence-corrected chi connectivity index (χ1v) is 15.1. The summed E-state index contributed by atoms with van der Waals surface area (Å²) in [6.07, 6.45) is -0.143. The molecule has 0 radical (unpaired) electrons. The lowest BCUT2D eigenvalue weighted by Gasteiger charge is -2.19. The number of carboxylic acid groups (broad SMARTS) is 1. The molecule has 0 aliphatic rings. The van der Waals surface area contributed by atoms with E-state index < -0.39 is 27.8 Å². The topological polar surface area (TPSA) is 160 Å². The zero-order chi connectivity index (χ0) is 31.3. The summed E-state index contributed by atoms with van der Waals surface area (Å²) < 4.78 is 32.9. The molecule has 0 unspecified atom stereocenters. The summed E-state index contributed by atoms with van der Waals surface area (Å²) in [5, 5.41) is 13.3. The molecule has 10 nitrogen and oxygen atoms in total. The van der Waals surface area contributed by atoms with Gasteiger partial charge in [-0.3, -0.25) is 4.72 Å². The molecule has 0 spiro atoms. The van der Waals surface area contributed by atoms with Gasteiger partial charge in [-0.05, 0) is 92.6 Å². The summed E-state index contributed by atoms with van der Waals surface area (Å²) >= 11 is 0. The van der Waals surface area contributed by atoms with Crippen LogP contribution in [0.3, 0.4) is 0 Å². The van der Waals surface area contributed by atoms with E-state index in [0.717, 1.165) is 22.4 Å². The van der Waals surface area contributed by atoms with Crippen molar-refractivity contribution in [3.63, 3.8) is 0 Å². The fourth-order valence-corrected chi connectivity index (χ4v) is 4.67. The number of benzene rings is 3. The molecular weight excluding hydrogens is 556 g/mol. The Morgan fingerprint density at radius 1 is 0.833 bits per heavy atom. The van der Waals surface area contributed by atoms with Crippen molar-refractivity contribution in [3.8, 4) is 0 Å². The Balaban J connectivity index is 0.000000395. The van der Waals surface area contributed by atoms with E-state index in [-0.39, 0.29) is 4.90 Å². The first-order valence-electron chi connectivity index (χ1n) is 13.6. The summed E-state index contributed by atoms with van der Waals surface area (Å²) in [7, 11) is -3.64. The van der Waals surface area contributed by atoms with Gasteiger partial charge in [-0.15, -0.1) is 0 Å². The Hall–Kier alpha value is -4.25. The van der Waals surface area contributed by atoms with E-state index in [9.17, 15) is 18.0 Å². The van der Waals surface area contributed by atoms with Gasteiger partial charge in [-0.2, -0.15) is 0 Å². The molecule has 0 saturated heterocycles. The lowest BCUT2D eigenvalue weighted by atomic mass is 10.0. The predicted molar refractivity (Wildman–Crippen MR) is 166 cm³/mol. The molecule has 3 aromatic rings. The monoisotopic (exact) mass is 598 g/mol. The van der Waals surface area contributed by atoms with Gasteiger partial charge in [-0.1, -0.05) is 50.2 Å². The number of nitrogen functional groups attached to an aromatic ring is 1. The van der Waals surface area contributed by atoms with E-state index in [2.05, 4.69) is 29.2 Å². The number of anilines is 2. The molecule has 42 heavy (non-hydrogen) atoms. The maximum Gasteiger partial charge on any atom is 0.407 e. The van der Waals surface area contributed by atoms with E-state index in [1.807, 2.05) is 57.2 Å². The van der Waals surface area contributed by atoms with Crippen molar-refractivity contribution in [3.05, 3.63) is 89.5 Å². The molecule has 0 aromatic heterocycles. The van der Waals surface area contributed by atoms with Crippen molar-refractivity contribution < 1.29 is 27.9 Å². The van der Waals surface area contributed by atoms with Gasteiger partial charge in [0.15, 0.2) is 0 Å². The maximum atomic E-state index is 12.6. The van der Waals surface area contributed by atoms with Gasteiger partial charge in [0.25, 0.3) is 10.0 Å². The van der Waals surface area contributed by atoms with Crippen LogP contribution in [0.1, 0.15) is 57.2 Å². The molecule has 3 rings (SSSR count). The second-order valence-corrected chi connectivity index (χ2v) is 12.6. The number of nitrogens with one attached hydrogen (secondary N) is 3. The average molecular weight is 599 g/mol. The largest absolute Gasteiger partial charge is 0.465 e. The number of hydrogen-bond acceptors (Lipinski definition) is 6. The first-order chi connectivity index (χ1) is 19.6. The van der Waals surface area contributed by atoms with E-state index in [1.165, 1.54) is 0 Å². The highest BCUT2D eigenvalue weighted by Gasteiger charge is 2.16. The minimum Gasteiger partial charge on any atom is -0.465 e. The summed E-state index contributed by atoms with van der Waals surface area (Å²) in [5.74, 6) is 0.345. The predicted octanol–water partition coefficient (Wildman–Crippen LogP) is 5.76. The third-order valence-corrected chi connectivity index (χ3v) is 7.21. The molecule has 11 heteroatoms. The summed E-state index contributed by atoms with van der Waals surface area (Å²) in [5.41, 5.74) is 9.31. The fourth-order valence-electron chi connectivity index (χ4n) is 3.61. The van der Waals surface area contributed by atoms with Crippen molar-refractivity contribution >= 4 is 33.6 Å². The highest BCUT2D eigenvalue weighted by molar-refractivity contribution is 7.92. The maximum absolute atomic E-state index is 12.6. The molecule has 0 aliphatic heterocycles. The third kappa shape index (κ3) is 12.9. The third-order valence-electron chi connectivity index (χ3n) is 5.81. The van der Waals surface area contributed by atoms with Crippen molar-refractivity contribution in [2.45, 2.75) is 63.9 Å². The number of hydrogen-bond donors (Lipinski definition) is 5. The average Bonchev–Trinajstić information content (AvgIpc) is 2.90. The second kappa shape index (κ2) is 15.7. The van der Waals surface area contributed by atoms with Crippen LogP contribution in [0.15, 0.2) is 77.7 Å². The molecule has 0 aliphatic carbocycles. The zero-order valence-corrected chi connectivity index (χ0v) is 25.6. The minimum absolute atomic E-state index is 0.229. The van der Waals surface area contributed by atoms with Gasteiger partial charge in [-0.25, -0.2) is 18.0 Å². The number of ether oxygens (including phenoxy) is 1. The quantitative estimate of drug-likeness (QED) is 0.186. The Morgan fingerprint density at radius 2 is 1.33 bits per heavy atom. The van der Waals surface area contributed by atoms with Crippen LogP contribution < -0.4 is 21.1 Å². The SMILES string of the molecule is CC(C)c1ccc(S(=O)(=O)Nc2ccc(CCNC(=O)OC(C)(C)C)cc2)cc1.Nc1ccc(CCNC(=O)O)cc1. The summed E-state index contributed by atoms with van der Waals surface area (Å²) in [4.78, 5) is 22.0. The molecular formula is C31H42N4O6S. The van der Waals surface area contributed by atoms with Crippen LogP contribution in [0.4, 0.5) is 21.0 Å². The second-order valence-electron chi connectivity index (χ2n) is 10.9. The molecule has 0 fully saturated rings. The highest BCUT2D eigenvalue weighted by atomic mass is 32.2. The van der Waals surface area contributed by atoms with Gasteiger partial charge < -0.3 is 26.2 Å². The smallest absolute Gasteiger partial charge is 0.407 e. The lowest BCUT2D eigenvalue weighted by Crippen LogP contribution is -2.33. The number of carbonyl (C=O) groups is 2. The number of sulfonamides is 1. The van der Waals surface area contributed by atoms with Crippen LogP contribution in [0.5, 0.6) is 0 Å². The number of rotatable bonds is 10. The van der Waals surface area contributed by atoms with Crippen molar-refractivity contribution in [1.82, 2.24) is 10.6 Å². The fraction of sp³-hybridized carbons (Fsp3) is 0.355. The number of amides is 2. The van der Waals surface area contributed by atoms with Crippen molar-refractivity contribution in [2.75, 3.05) is 23.5 Å².